The maximum absolute atomic E-state index is 9.40. The molecule has 5 nitrogen and oxygen atoms in total. The van der Waals surface area contributed by atoms with Crippen LogP contribution in [-0.2, 0) is 0 Å². The van der Waals surface area contributed by atoms with E-state index in [4.69, 9.17) is 0 Å². The molecule has 0 aliphatic carbocycles. The molecular weight excluding hydrogens is 252 g/mol. The molecule has 0 radical (unpaired) electrons. The van der Waals surface area contributed by atoms with Gasteiger partial charge in [0.15, 0.2) is 0 Å². The lowest BCUT2D eigenvalue weighted by atomic mass is 9.99. The summed E-state index contributed by atoms with van der Waals surface area (Å²) in [5.74, 6) is 1.96. The number of nitrogens with one attached hydrogen (secondary N) is 1. The molecule has 1 fully saturated rings. The van der Waals surface area contributed by atoms with Crippen LogP contribution in [0.1, 0.15) is 12.8 Å². The lowest BCUT2D eigenvalue weighted by molar-refractivity contribution is 0.208. The van der Waals surface area contributed by atoms with E-state index >= 15 is 0 Å². The lowest BCUT2D eigenvalue weighted by Crippen LogP contribution is -2.37. The van der Waals surface area contributed by atoms with Crippen LogP contribution in [0.15, 0.2) is 24.3 Å². The SMILES string of the molecule is CNc1nc(N2CCCC(CO)C2)c2ccccc2n1. The molecular formula is C15H20N4O. The zero-order valence-corrected chi connectivity index (χ0v) is 11.7. The molecule has 106 valence electrons. The zero-order chi connectivity index (χ0) is 13.9. The molecule has 1 aromatic heterocycles. The fourth-order valence-corrected chi connectivity index (χ4v) is 2.82. The number of piperidine rings is 1. The largest absolute Gasteiger partial charge is 0.396 e. The number of benzene rings is 1. The van der Waals surface area contributed by atoms with Gasteiger partial charge in [0.2, 0.25) is 5.95 Å². The monoisotopic (exact) mass is 272 g/mol. The molecule has 2 aromatic rings. The maximum atomic E-state index is 9.40. The van der Waals surface area contributed by atoms with E-state index in [9.17, 15) is 5.11 Å². The summed E-state index contributed by atoms with van der Waals surface area (Å²) in [5, 5.41) is 13.5. The summed E-state index contributed by atoms with van der Waals surface area (Å²) in [6, 6.07) is 8.08. The molecule has 0 spiro atoms. The van der Waals surface area contributed by atoms with Crippen LogP contribution in [0, 0.1) is 5.92 Å². The summed E-state index contributed by atoms with van der Waals surface area (Å²) in [5.41, 5.74) is 0.952. The van der Waals surface area contributed by atoms with Gasteiger partial charge in [-0.1, -0.05) is 12.1 Å². The first-order valence-electron chi connectivity index (χ1n) is 7.12. The molecule has 2 N–H and O–H groups in total. The van der Waals surface area contributed by atoms with Crippen molar-refractivity contribution in [3.63, 3.8) is 0 Å². The highest BCUT2D eigenvalue weighted by Gasteiger charge is 2.22. The van der Waals surface area contributed by atoms with Gasteiger partial charge in [-0.15, -0.1) is 0 Å². The molecule has 0 bridgehead atoms. The van der Waals surface area contributed by atoms with Gasteiger partial charge in [0.05, 0.1) is 5.52 Å². The van der Waals surface area contributed by atoms with Gasteiger partial charge in [0.1, 0.15) is 5.82 Å². The van der Waals surface area contributed by atoms with Crippen LogP contribution < -0.4 is 10.2 Å². The second-order valence-corrected chi connectivity index (χ2v) is 5.27. The smallest absolute Gasteiger partial charge is 0.224 e. The quantitative estimate of drug-likeness (QED) is 0.893. The minimum atomic E-state index is 0.248. The van der Waals surface area contributed by atoms with E-state index in [1.165, 1.54) is 0 Å². The van der Waals surface area contributed by atoms with Crippen LogP contribution in [0.2, 0.25) is 0 Å². The van der Waals surface area contributed by atoms with E-state index in [2.05, 4.69) is 26.3 Å². The van der Waals surface area contributed by atoms with Gasteiger partial charge in [-0.05, 0) is 30.9 Å². The average molecular weight is 272 g/mol. The third-order valence-electron chi connectivity index (χ3n) is 3.88. The molecule has 20 heavy (non-hydrogen) atoms. The van der Waals surface area contributed by atoms with Gasteiger partial charge < -0.3 is 15.3 Å². The van der Waals surface area contributed by atoms with Gasteiger partial charge in [-0.2, -0.15) is 4.98 Å². The van der Waals surface area contributed by atoms with Crippen LogP contribution in [0.25, 0.3) is 10.9 Å². The molecule has 1 atom stereocenters. The highest BCUT2D eigenvalue weighted by molar-refractivity contribution is 5.90. The molecule has 1 aliphatic rings. The minimum absolute atomic E-state index is 0.248. The molecule has 5 heteroatoms. The van der Waals surface area contributed by atoms with Crippen LogP contribution in [0.3, 0.4) is 0 Å². The van der Waals surface area contributed by atoms with Crippen molar-refractivity contribution in [3.05, 3.63) is 24.3 Å². The zero-order valence-electron chi connectivity index (χ0n) is 11.7. The Bertz CT molecular complexity index is 601. The molecule has 1 saturated heterocycles. The molecule has 1 aliphatic heterocycles. The van der Waals surface area contributed by atoms with Gasteiger partial charge >= 0.3 is 0 Å². The number of aliphatic hydroxyl groups excluding tert-OH is 1. The van der Waals surface area contributed by atoms with Crippen molar-refractivity contribution in [3.8, 4) is 0 Å². The van der Waals surface area contributed by atoms with E-state index in [0.29, 0.717) is 11.9 Å². The number of fused-ring (bicyclic) bond motifs is 1. The Labute approximate surface area is 118 Å². The van der Waals surface area contributed by atoms with Gasteiger partial charge in [0, 0.05) is 32.1 Å². The fraction of sp³-hybridized carbons (Fsp3) is 0.467. The first-order valence-corrected chi connectivity index (χ1v) is 7.12. The minimum Gasteiger partial charge on any atom is -0.396 e. The van der Waals surface area contributed by atoms with E-state index in [1.54, 1.807) is 0 Å². The topological polar surface area (TPSA) is 61.3 Å². The van der Waals surface area contributed by atoms with E-state index < -0.39 is 0 Å². The Kier molecular flexibility index (Phi) is 3.69. The van der Waals surface area contributed by atoms with Gasteiger partial charge in [-0.3, -0.25) is 0 Å². The predicted molar refractivity (Wildman–Crippen MR) is 81.1 cm³/mol. The Morgan fingerprint density at radius 2 is 2.20 bits per heavy atom. The number of hydrogen-bond acceptors (Lipinski definition) is 5. The molecule has 0 amide bonds. The second kappa shape index (κ2) is 5.63. The first-order chi connectivity index (χ1) is 9.81. The van der Waals surface area contributed by atoms with Gasteiger partial charge in [0.25, 0.3) is 0 Å². The third kappa shape index (κ3) is 2.41. The maximum Gasteiger partial charge on any atom is 0.224 e. The van der Waals surface area contributed by atoms with Crippen molar-refractivity contribution in [2.75, 3.05) is 37.0 Å². The van der Waals surface area contributed by atoms with E-state index in [0.717, 1.165) is 42.7 Å². The number of hydrogen-bond donors (Lipinski definition) is 2. The summed E-state index contributed by atoms with van der Waals surface area (Å²) in [4.78, 5) is 11.4. The average Bonchev–Trinajstić information content (AvgIpc) is 2.53. The Morgan fingerprint density at radius 3 is 3.00 bits per heavy atom. The standard InChI is InChI=1S/C15H20N4O/c1-16-15-17-13-7-3-2-6-12(13)14(18-15)19-8-4-5-11(9-19)10-20/h2-3,6-7,11,20H,4-5,8-10H2,1H3,(H,16,17,18). The number of aromatic nitrogens is 2. The predicted octanol–water partition coefficient (Wildman–Crippen LogP) is 1.88. The number of aliphatic hydroxyl groups is 1. The van der Waals surface area contributed by atoms with Gasteiger partial charge in [-0.25, -0.2) is 4.98 Å². The lowest BCUT2D eigenvalue weighted by Gasteiger charge is -2.33. The molecule has 3 rings (SSSR count). The summed E-state index contributed by atoms with van der Waals surface area (Å²) >= 11 is 0. The first kappa shape index (κ1) is 13.1. The normalized spacial score (nSPS) is 19.3. The Hall–Kier alpha value is -1.88. The van der Waals surface area contributed by atoms with E-state index in [-0.39, 0.29) is 6.61 Å². The summed E-state index contributed by atoms with van der Waals surface area (Å²) in [6.07, 6.45) is 2.19. The van der Waals surface area contributed by atoms with Crippen molar-refractivity contribution in [1.82, 2.24) is 9.97 Å². The fourth-order valence-electron chi connectivity index (χ4n) is 2.82. The number of rotatable bonds is 3. The Balaban J connectivity index is 2.04. The van der Waals surface area contributed by atoms with Crippen LogP contribution in [0.4, 0.5) is 11.8 Å². The number of anilines is 2. The summed E-state index contributed by atoms with van der Waals surface area (Å²) in [7, 11) is 1.83. The molecule has 1 unspecified atom stereocenters. The molecule has 0 saturated carbocycles. The van der Waals surface area contributed by atoms with Crippen molar-refractivity contribution in [2.24, 2.45) is 5.92 Å². The highest BCUT2D eigenvalue weighted by Crippen LogP contribution is 2.28. The van der Waals surface area contributed by atoms with E-state index in [1.807, 2.05) is 25.2 Å². The number of nitrogens with zero attached hydrogens (tertiary/aromatic N) is 3. The van der Waals surface area contributed by atoms with Crippen LogP contribution in [-0.4, -0.2) is 41.8 Å². The second-order valence-electron chi connectivity index (χ2n) is 5.27. The summed E-state index contributed by atoms with van der Waals surface area (Å²) < 4.78 is 0. The number of para-hydroxylation sites is 1. The van der Waals surface area contributed by atoms with Crippen molar-refractivity contribution < 1.29 is 5.11 Å². The van der Waals surface area contributed by atoms with Crippen LogP contribution in [0.5, 0.6) is 0 Å². The van der Waals surface area contributed by atoms with Crippen LogP contribution >= 0.6 is 0 Å². The van der Waals surface area contributed by atoms with Crippen molar-refractivity contribution in [2.45, 2.75) is 12.8 Å². The Morgan fingerprint density at radius 1 is 1.35 bits per heavy atom. The van der Waals surface area contributed by atoms with Crippen molar-refractivity contribution >= 4 is 22.7 Å². The molecule has 2 heterocycles. The molecule has 1 aromatic carbocycles. The van der Waals surface area contributed by atoms with Crippen molar-refractivity contribution in [1.29, 1.82) is 0 Å². The third-order valence-corrected chi connectivity index (χ3v) is 3.88. The highest BCUT2D eigenvalue weighted by atomic mass is 16.3. The summed E-state index contributed by atoms with van der Waals surface area (Å²) in [6.45, 7) is 2.10.